The number of benzene rings is 2. The standard InChI is InChI=1S/C25H31N3O5S/c1-34(31,32)17-12-22(18-20-8-4-2-5-9-20)26-24(29)23(19-21-10-6-3-7-11-21)27-25(30)28-13-15-33-16-14-28/h2-12,17,22-23H,13-16,18-19H2,1H3,(H,26,29)(H,27,30)/b17-12+/t22-,23+/m1/s1. The van der Waals surface area contributed by atoms with Gasteiger partial charge in [0.2, 0.25) is 5.91 Å². The van der Waals surface area contributed by atoms with E-state index in [9.17, 15) is 18.0 Å². The van der Waals surface area contributed by atoms with Crippen molar-refractivity contribution in [1.82, 2.24) is 15.5 Å². The molecule has 0 radical (unpaired) electrons. The summed E-state index contributed by atoms with van der Waals surface area (Å²) < 4.78 is 28.7. The van der Waals surface area contributed by atoms with E-state index in [1.165, 1.54) is 6.08 Å². The lowest BCUT2D eigenvalue weighted by molar-refractivity contribution is -0.123. The van der Waals surface area contributed by atoms with Crippen molar-refractivity contribution in [2.75, 3.05) is 32.6 Å². The Bertz CT molecular complexity index is 1070. The Kier molecular flexibility index (Phi) is 9.24. The topological polar surface area (TPSA) is 105 Å². The Hall–Kier alpha value is -3.17. The molecule has 0 aliphatic carbocycles. The summed E-state index contributed by atoms with van der Waals surface area (Å²) in [6.45, 7) is 1.83. The molecule has 1 aliphatic rings. The number of rotatable bonds is 9. The molecule has 2 aromatic rings. The predicted molar refractivity (Wildman–Crippen MR) is 131 cm³/mol. The maximum absolute atomic E-state index is 13.3. The molecule has 2 aromatic carbocycles. The molecule has 1 aliphatic heterocycles. The zero-order valence-corrected chi connectivity index (χ0v) is 20.0. The molecule has 0 spiro atoms. The monoisotopic (exact) mass is 485 g/mol. The van der Waals surface area contributed by atoms with Gasteiger partial charge in [0, 0.05) is 31.2 Å². The van der Waals surface area contributed by atoms with Crippen molar-refractivity contribution in [3.63, 3.8) is 0 Å². The van der Waals surface area contributed by atoms with Crippen LogP contribution in [0.5, 0.6) is 0 Å². The molecule has 0 unspecified atom stereocenters. The third kappa shape index (κ3) is 8.64. The Labute approximate surface area is 200 Å². The van der Waals surface area contributed by atoms with Gasteiger partial charge in [0.25, 0.3) is 0 Å². The molecule has 34 heavy (non-hydrogen) atoms. The number of hydrogen-bond donors (Lipinski definition) is 2. The lowest BCUT2D eigenvalue weighted by Crippen LogP contribution is -2.55. The van der Waals surface area contributed by atoms with E-state index < -0.39 is 21.9 Å². The van der Waals surface area contributed by atoms with Gasteiger partial charge >= 0.3 is 6.03 Å². The maximum Gasteiger partial charge on any atom is 0.318 e. The normalized spacial score (nSPS) is 16.1. The molecular formula is C25H31N3O5S. The summed E-state index contributed by atoms with van der Waals surface area (Å²) in [6.07, 6.45) is 3.29. The summed E-state index contributed by atoms with van der Waals surface area (Å²) in [4.78, 5) is 27.8. The summed E-state index contributed by atoms with van der Waals surface area (Å²) in [5, 5.41) is 6.87. The predicted octanol–water partition coefficient (Wildman–Crippen LogP) is 1.93. The molecule has 9 heteroatoms. The Morgan fingerprint density at radius 1 is 0.941 bits per heavy atom. The summed E-state index contributed by atoms with van der Waals surface area (Å²) in [5.41, 5.74) is 1.85. The number of nitrogens with zero attached hydrogens (tertiary/aromatic N) is 1. The second-order valence-corrected chi connectivity index (χ2v) is 10.2. The number of hydrogen-bond acceptors (Lipinski definition) is 5. The third-order valence-corrected chi connectivity index (χ3v) is 6.03. The van der Waals surface area contributed by atoms with Crippen LogP contribution < -0.4 is 10.6 Å². The lowest BCUT2D eigenvalue weighted by atomic mass is 10.0. The average molecular weight is 486 g/mol. The molecule has 8 nitrogen and oxygen atoms in total. The molecule has 3 rings (SSSR count). The van der Waals surface area contributed by atoms with Crippen LogP contribution in [-0.4, -0.2) is 69.9 Å². The van der Waals surface area contributed by atoms with Gasteiger partial charge in [-0.1, -0.05) is 66.7 Å². The first kappa shape index (κ1) is 25.5. The van der Waals surface area contributed by atoms with Crippen molar-refractivity contribution in [3.8, 4) is 0 Å². The van der Waals surface area contributed by atoms with Gasteiger partial charge < -0.3 is 20.3 Å². The van der Waals surface area contributed by atoms with Crippen molar-refractivity contribution in [3.05, 3.63) is 83.3 Å². The van der Waals surface area contributed by atoms with E-state index in [-0.39, 0.29) is 11.9 Å². The highest BCUT2D eigenvalue weighted by Gasteiger charge is 2.26. The molecule has 1 heterocycles. The largest absolute Gasteiger partial charge is 0.378 e. The van der Waals surface area contributed by atoms with Crippen molar-refractivity contribution in [1.29, 1.82) is 0 Å². The van der Waals surface area contributed by atoms with E-state index in [1.807, 2.05) is 60.7 Å². The van der Waals surface area contributed by atoms with Gasteiger partial charge in [0.15, 0.2) is 9.84 Å². The first-order chi connectivity index (χ1) is 16.3. The lowest BCUT2D eigenvalue weighted by Gasteiger charge is -2.29. The number of morpholine rings is 1. The molecule has 0 aromatic heterocycles. The highest BCUT2D eigenvalue weighted by Crippen LogP contribution is 2.09. The van der Waals surface area contributed by atoms with Crippen LogP contribution in [0.15, 0.2) is 72.1 Å². The second kappa shape index (κ2) is 12.3. The number of ether oxygens (including phenoxy) is 1. The first-order valence-electron chi connectivity index (χ1n) is 11.2. The van der Waals surface area contributed by atoms with E-state index in [4.69, 9.17) is 4.74 Å². The van der Waals surface area contributed by atoms with Crippen LogP contribution in [0.1, 0.15) is 11.1 Å². The van der Waals surface area contributed by atoms with E-state index >= 15 is 0 Å². The number of carbonyl (C=O) groups is 2. The van der Waals surface area contributed by atoms with Crippen LogP contribution in [0, 0.1) is 0 Å². The average Bonchev–Trinajstić information content (AvgIpc) is 2.83. The minimum Gasteiger partial charge on any atom is -0.378 e. The molecule has 0 saturated carbocycles. The summed E-state index contributed by atoms with van der Waals surface area (Å²) >= 11 is 0. The first-order valence-corrected chi connectivity index (χ1v) is 13.2. The Morgan fingerprint density at radius 3 is 2.06 bits per heavy atom. The smallest absolute Gasteiger partial charge is 0.318 e. The number of sulfone groups is 1. The molecular weight excluding hydrogens is 454 g/mol. The Balaban J connectivity index is 1.77. The van der Waals surface area contributed by atoms with E-state index in [0.29, 0.717) is 39.1 Å². The van der Waals surface area contributed by atoms with Gasteiger partial charge in [-0.3, -0.25) is 4.79 Å². The summed E-state index contributed by atoms with van der Waals surface area (Å²) in [7, 11) is -3.37. The zero-order valence-electron chi connectivity index (χ0n) is 19.2. The van der Waals surface area contributed by atoms with Crippen molar-refractivity contribution in [2.45, 2.75) is 24.9 Å². The highest BCUT2D eigenvalue weighted by molar-refractivity contribution is 7.93. The van der Waals surface area contributed by atoms with Gasteiger partial charge in [-0.15, -0.1) is 0 Å². The molecule has 3 amide bonds. The second-order valence-electron chi connectivity index (χ2n) is 8.25. The SMILES string of the molecule is CS(=O)(=O)/C=C/[C@H](Cc1ccccc1)NC(=O)[C@H](Cc1ccccc1)NC(=O)N1CCOCC1. The molecule has 1 saturated heterocycles. The van der Waals surface area contributed by atoms with Crippen LogP contribution in [-0.2, 0) is 32.2 Å². The molecule has 2 atom stereocenters. The minimum absolute atomic E-state index is 0.302. The molecule has 1 fully saturated rings. The van der Waals surface area contributed by atoms with E-state index in [1.54, 1.807) is 4.90 Å². The summed E-state index contributed by atoms with van der Waals surface area (Å²) in [6, 6.07) is 17.2. The van der Waals surface area contributed by atoms with Crippen LogP contribution in [0.3, 0.4) is 0 Å². The van der Waals surface area contributed by atoms with Crippen molar-refractivity contribution >= 4 is 21.8 Å². The fraction of sp³-hybridized carbons (Fsp3) is 0.360. The van der Waals surface area contributed by atoms with Gasteiger partial charge in [-0.05, 0) is 17.5 Å². The molecule has 2 N–H and O–H groups in total. The van der Waals surface area contributed by atoms with Crippen LogP contribution >= 0.6 is 0 Å². The van der Waals surface area contributed by atoms with E-state index in [0.717, 1.165) is 22.8 Å². The van der Waals surface area contributed by atoms with Crippen LogP contribution in [0.4, 0.5) is 4.79 Å². The fourth-order valence-corrected chi connectivity index (χ4v) is 4.10. The van der Waals surface area contributed by atoms with Gasteiger partial charge in [0.05, 0.1) is 19.3 Å². The number of amides is 3. The van der Waals surface area contributed by atoms with Gasteiger partial charge in [-0.2, -0.15) is 0 Å². The minimum atomic E-state index is -3.37. The zero-order chi connectivity index (χ0) is 24.4. The van der Waals surface area contributed by atoms with Gasteiger partial charge in [-0.25, -0.2) is 13.2 Å². The highest BCUT2D eigenvalue weighted by atomic mass is 32.2. The summed E-state index contributed by atoms with van der Waals surface area (Å²) in [5.74, 6) is -0.385. The maximum atomic E-state index is 13.3. The van der Waals surface area contributed by atoms with Gasteiger partial charge in [0.1, 0.15) is 6.04 Å². The Morgan fingerprint density at radius 2 is 1.50 bits per heavy atom. The number of carbonyl (C=O) groups excluding carboxylic acids is 2. The molecule has 0 bridgehead atoms. The quantitative estimate of drug-likeness (QED) is 0.565. The third-order valence-electron chi connectivity index (χ3n) is 5.38. The van der Waals surface area contributed by atoms with E-state index in [2.05, 4.69) is 10.6 Å². The number of nitrogens with one attached hydrogen (secondary N) is 2. The molecule has 182 valence electrons. The fourth-order valence-electron chi connectivity index (χ4n) is 3.62. The van der Waals surface area contributed by atoms with Crippen molar-refractivity contribution in [2.24, 2.45) is 0 Å². The van der Waals surface area contributed by atoms with Crippen LogP contribution in [0.25, 0.3) is 0 Å². The number of urea groups is 1. The van der Waals surface area contributed by atoms with Crippen LogP contribution in [0.2, 0.25) is 0 Å². The van der Waals surface area contributed by atoms with Crippen molar-refractivity contribution < 1.29 is 22.7 Å².